The maximum atomic E-state index is 13.1. The van der Waals surface area contributed by atoms with Gasteiger partial charge in [0, 0.05) is 10.4 Å². The Morgan fingerprint density at radius 3 is 2.14 bits per heavy atom. The predicted octanol–water partition coefficient (Wildman–Crippen LogP) is 4.86. The highest BCUT2D eigenvalue weighted by molar-refractivity contribution is 7.10. The minimum absolute atomic E-state index is 0.220. The monoisotopic (exact) mass is 411 g/mol. The van der Waals surface area contributed by atoms with E-state index in [9.17, 15) is 4.79 Å². The van der Waals surface area contributed by atoms with Gasteiger partial charge in [-0.05, 0) is 41.1 Å². The van der Waals surface area contributed by atoms with Crippen LogP contribution in [0.3, 0.4) is 0 Å². The maximum absolute atomic E-state index is 13.1. The van der Waals surface area contributed by atoms with E-state index in [0.717, 1.165) is 16.9 Å². The zero-order valence-electron chi connectivity index (χ0n) is 17.0. The first-order valence-corrected chi connectivity index (χ1v) is 10.2. The number of amides is 1. The molecular weight excluding hydrogens is 386 g/mol. The van der Waals surface area contributed by atoms with Crippen molar-refractivity contribution in [3.05, 3.63) is 75.5 Å². The fourth-order valence-electron chi connectivity index (χ4n) is 3.15. The SMILES string of the molecule is CCc1ccc(C(NC(=O)c2cc(OC)c(OC)c(OC)c2)c2cccs2)cc1. The van der Waals surface area contributed by atoms with E-state index in [0.29, 0.717) is 22.8 Å². The molecule has 2 aromatic carbocycles. The topological polar surface area (TPSA) is 56.8 Å². The van der Waals surface area contributed by atoms with Crippen LogP contribution in [-0.4, -0.2) is 27.2 Å². The molecule has 6 heteroatoms. The standard InChI is InChI=1S/C23H25NO4S/c1-5-15-8-10-16(11-9-15)21(20-7-6-12-29-20)24-23(25)17-13-18(26-2)22(28-4)19(14-17)27-3/h6-14,21H,5H2,1-4H3,(H,24,25). The third-order valence-electron chi connectivity index (χ3n) is 4.75. The quantitative estimate of drug-likeness (QED) is 0.575. The molecule has 1 amide bonds. The van der Waals surface area contributed by atoms with Crippen molar-refractivity contribution in [2.75, 3.05) is 21.3 Å². The number of carbonyl (C=O) groups is 1. The Morgan fingerprint density at radius 2 is 1.66 bits per heavy atom. The molecule has 0 fully saturated rings. The lowest BCUT2D eigenvalue weighted by atomic mass is 10.0. The molecule has 0 saturated carbocycles. The van der Waals surface area contributed by atoms with Gasteiger partial charge in [-0.3, -0.25) is 4.79 Å². The molecule has 1 aromatic heterocycles. The zero-order valence-corrected chi connectivity index (χ0v) is 17.8. The van der Waals surface area contributed by atoms with E-state index in [-0.39, 0.29) is 11.9 Å². The number of ether oxygens (including phenoxy) is 3. The van der Waals surface area contributed by atoms with E-state index in [4.69, 9.17) is 14.2 Å². The number of methoxy groups -OCH3 is 3. The summed E-state index contributed by atoms with van der Waals surface area (Å²) in [4.78, 5) is 14.2. The van der Waals surface area contributed by atoms with Crippen LogP contribution in [0.4, 0.5) is 0 Å². The van der Waals surface area contributed by atoms with Crippen LogP contribution < -0.4 is 19.5 Å². The summed E-state index contributed by atoms with van der Waals surface area (Å²) < 4.78 is 16.1. The minimum Gasteiger partial charge on any atom is -0.493 e. The Bertz CT molecular complexity index is 927. The third kappa shape index (κ3) is 4.54. The summed E-state index contributed by atoms with van der Waals surface area (Å²) in [5, 5.41) is 5.16. The van der Waals surface area contributed by atoms with E-state index in [1.54, 1.807) is 23.5 Å². The van der Waals surface area contributed by atoms with Gasteiger partial charge in [0.25, 0.3) is 5.91 Å². The Morgan fingerprint density at radius 1 is 1.00 bits per heavy atom. The van der Waals surface area contributed by atoms with Crippen molar-refractivity contribution in [2.45, 2.75) is 19.4 Å². The van der Waals surface area contributed by atoms with Crippen LogP contribution in [0.25, 0.3) is 0 Å². The van der Waals surface area contributed by atoms with E-state index in [1.807, 2.05) is 17.5 Å². The van der Waals surface area contributed by atoms with Crippen molar-refractivity contribution < 1.29 is 19.0 Å². The Labute approximate surface area is 175 Å². The van der Waals surface area contributed by atoms with Gasteiger partial charge in [0.05, 0.1) is 27.4 Å². The highest BCUT2D eigenvalue weighted by Gasteiger charge is 2.22. The average Bonchev–Trinajstić information content (AvgIpc) is 3.30. The molecule has 0 radical (unpaired) electrons. The average molecular weight is 412 g/mol. The zero-order chi connectivity index (χ0) is 20.8. The number of carbonyl (C=O) groups excluding carboxylic acids is 1. The number of rotatable bonds is 8. The van der Waals surface area contributed by atoms with Crippen LogP contribution in [0, 0.1) is 0 Å². The molecule has 0 aliphatic rings. The normalized spacial score (nSPS) is 11.6. The van der Waals surface area contributed by atoms with Crippen molar-refractivity contribution >= 4 is 17.2 Å². The van der Waals surface area contributed by atoms with Gasteiger partial charge >= 0.3 is 0 Å². The van der Waals surface area contributed by atoms with E-state index < -0.39 is 0 Å². The molecule has 29 heavy (non-hydrogen) atoms. The van der Waals surface area contributed by atoms with Crippen molar-refractivity contribution in [1.29, 1.82) is 0 Å². The Kier molecular flexibility index (Phi) is 6.77. The van der Waals surface area contributed by atoms with Crippen molar-refractivity contribution in [3.8, 4) is 17.2 Å². The van der Waals surface area contributed by atoms with Gasteiger partial charge in [-0.15, -0.1) is 11.3 Å². The third-order valence-corrected chi connectivity index (χ3v) is 5.69. The predicted molar refractivity (Wildman–Crippen MR) is 116 cm³/mol. The fraction of sp³-hybridized carbons (Fsp3) is 0.261. The fourth-order valence-corrected chi connectivity index (χ4v) is 3.95. The number of aryl methyl sites for hydroxylation is 1. The molecule has 0 aliphatic heterocycles. The second-order valence-electron chi connectivity index (χ2n) is 6.43. The number of hydrogen-bond donors (Lipinski definition) is 1. The van der Waals surface area contributed by atoms with Crippen LogP contribution in [-0.2, 0) is 6.42 Å². The first-order valence-electron chi connectivity index (χ1n) is 9.34. The van der Waals surface area contributed by atoms with E-state index >= 15 is 0 Å². The minimum atomic E-state index is -0.243. The number of nitrogens with one attached hydrogen (secondary N) is 1. The molecule has 0 saturated heterocycles. The van der Waals surface area contributed by atoms with Gasteiger partial charge in [-0.25, -0.2) is 0 Å². The lowest BCUT2D eigenvalue weighted by Crippen LogP contribution is -2.29. The molecule has 1 heterocycles. The summed E-state index contributed by atoms with van der Waals surface area (Å²) in [5.74, 6) is 1.12. The summed E-state index contributed by atoms with van der Waals surface area (Å²) in [7, 11) is 4.60. The van der Waals surface area contributed by atoms with Gasteiger partial charge in [0.15, 0.2) is 11.5 Å². The lowest BCUT2D eigenvalue weighted by Gasteiger charge is -2.20. The summed E-state index contributed by atoms with van der Waals surface area (Å²) >= 11 is 1.61. The molecule has 3 rings (SSSR count). The Hall–Kier alpha value is -2.99. The van der Waals surface area contributed by atoms with Crippen molar-refractivity contribution in [1.82, 2.24) is 5.32 Å². The van der Waals surface area contributed by atoms with Gasteiger partial charge in [0.1, 0.15) is 0 Å². The molecule has 0 aliphatic carbocycles. The maximum Gasteiger partial charge on any atom is 0.252 e. The van der Waals surface area contributed by atoms with Crippen molar-refractivity contribution in [3.63, 3.8) is 0 Å². The second kappa shape index (κ2) is 9.47. The first kappa shape index (κ1) is 20.7. The molecule has 3 aromatic rings. The molecular formula is C23H25NO4S. The van der Waals surface area contributed by atoms with Crippen LogP contribution in [0.1, 0.15) is 39.3 Å². The number of benzene rings is 2. The van der Waals surface area contributed by atoms with Crippen molar-refractivity contribution in [2.24, 2.45) is 0 Å². The highest BCUT2D eigenvalue weighted by atomic mass is 32.1. The van der Waals surface area contributed by atoms with Gasteiger partial charge in [-0.1, -0.05) is 37.3 Å². The molecule has 0 spiro atoms. The summed E-state index contributed by atoms with van der Waals surface area (Å²) in [6, 6.07) is 15.4. The van der Waals surface area contributed by atoms with E-state index in [2.05, 4.69) is 36.5 Å². The second-order valence-corrected chi connectivity index (χ2v) is 7.41. The summed E-state index contributed by atoms with van der Waals surface area (Å²) in [6.07, 6.45) is 0.974. The molecule has 0 bridgehead atoms. The number of hydrogen-bond acceptors (Lipinski definition) is 5. The summed E-state index contributed by atoms with van der Waals surface area (Å²) in [6.45, 7) is 2.12. The molecule has 1 unspecified atom stereocenters. The largest absolute Gasteiger partial charge is 0.493 e. The van der Waals surface area contributed by atoms with Gasteiger partial charge < -0.3 is 19.5 Å². The Balaban J connectivity index is 1.94. The lowest BCUT2D eigenvalue weighted by molar-refractivity contribution is 0.0942. The summed E-state index contributed by atoms with van der Waals surface area (Å²) in [5.41, 5.74) is 2.73. The molecule has 1 atom stereocenters. The van der Waals surface area contributed by atoms with Crippen LogP contribution in [0.2, 0.25) is 0 Å². The molecule has 5 nitrogen and oxygen atoms in total. The first-order chi connectivity index (χ1) is 14.1. The van der Waals surface area contributed by atoms with Crippen LogP contribution in [0.15, 0.2) is 53.9 Å². The molecule has 152 valence electrons. The van der Waals surface area contributed by atoms with Gasteiger partial charge in [-0.2, -0.15) is 0 Å². The number of thiophene rings is 1. The van der Waals surface area contributed by atoms with Crippen LogP contribution >= 0.6 is 11.3 Å². The highest BCUT2D eigenvalue weighted by Crippen LogP contribution is 2.38. The van der Waals surface area contributed by atoms with Gasteiger partial charge in [0.2, 0.25) is 5.75 Å². The molecule has 1 N–H and O–H groups in total. The van der Waals surface area contributed by atoms with E-state index in [1.165, 1.54) is 26.9 Å². The van der Waals surface area contributed by atoms with Crippen LogP contribution in [0.5, 0.6) is 17.2 Å². The smallest absolute Gasteiger partial charge is 0.252 e.